The smallest absolute Gasteiger partial charge is 0.182 e. The second-order valence-corrected chi connectivity index (χ2v) is 4.68. The highest BCUT2D eigenvalue weighted by molar-refractivity contribution is 5.46. The molecule has 0 spiro atoms. The van der Waals surface area contributed by atoms with E-state index in [1.807, 2.05) is 30.5 Å². The van der Waals surface area contributed by atoms with Gasteiger partial charge >= 0.3 is 0 Å². The van der Waals surface area contributed by atoms with E-state index in [4.69, 9.17) is 5.26 Å². The van der Waals surface area contributed by atoms with E-state index < -0.39 is 0 Å². The zero-order valence-corrected chi connectivity index (χ0v) is 11.8. The molecule has 0 saturated heterocycles. The van der Waals surface area contributed by atoms with Gasteiger partial charge in [-0.1, -0.05) is 30.3 Å². The molecule has 0 fully saturated rings. The maximum Gasteiger partial charge on any atom is 0.182 e. The molecule has 1 N–H and O–H groups in total. The van der Waals surface area contributed by atoms with Gasteiger partial charge in [0.15, 0.2) is 11.5 Å². The van der Waals surface area contributed by atoms with E-state index in [2.05, 4.69) is 37.0 Å². The number of aromatic nitrogens is 4. The Morgan fingerprint density at radius 1 is 1.05 bits per heavy atom. The molecular weight excluding hydrogens is 276 g/mol. The summed E-state index contributed by atoms with van der Waals surface area (Å²) >= 11 is 0. The van der Waals surface area contributed by atoms with E-state index in [0.717, 1.165) is 12.4 Å². The second kappa shape index (κ2) is 6.50. The first-order chi connectivity index (χ1) is 10.9. The zero-order chi connectivity index (χ0) is 15.2. The van der Waals surface area contributed by atoms with Crippen molar-refractivity contribution in [3.63, 3.8) is 0 Å². The molecule has 0 atom stereocenters. The number of anilines is 1. The second-order valence-electron chi connectivity index (χ2n) is 4.68. The molecule has 0 aliphatic carbocycles. The van der Waals surface area contributed by atoms with Crippen LogP contribution in [-0.2, 0) is 13.1 Å². The average molecular weight is 290 g/mol. The molecule has 6 nitrogen and oxygen atoms in total. The zero-order valence-electron chi connectivity index (χ0n) is 11.8. The quantitative estimate of drug-likeness (QED) is 0.779. The summed E-state index contributed by atoms with van der Waals surface area (Å²) in [7, 11) is 0. The molecular formula is C16H14N6. The van der Waals surface area contributed by atoms with Crippen LogP contribution in [0.4, 0.5) is 5.82 Å². The fraction of sp³-hybridized carbons (Fsp3) is 0.125. The number of hydrogen-bond donors (Lipinski definition) is 1. The summed E-state index contributed by atoms with van der Waals surface area (Å²) in [4.78, 5) is 12.5. The normalized spacial score (nSPS) is 10.1. The largest absolute Gasteiger partial charge is 0.360 e. The van der Waals surface area contributed by atoms with Gasteiger partial charge in [-0.25, -0.2) is 15.0 Å². The predicted molar refractivity (Wildman–Crippen MR) is 81.8 cm³/mol. The summed E-state index contributed by atoms with van der Waals surface area (Å²) in [5, 5.41) is 12.1. The van der Waals surface area contributed by atoms with Gasteiger partial charge in [-0.2, -0.15) is 5.26 Å². The third-order valence-corrected chi connectivity index (χ3v) is 3.22. The van der Waals surface area contributed by atoms with Crippen molar-refractivity contribution in [1.82, 2.24) is 19.5 Å². The molecule has 0 saturated carbocycles. The lowest BCUT2D eigenvalue weighted by molar-refractivity contribution is 0.734. The number of hydrogen-bond acceptors (Lipinski definition) is 5. The van der Waals surface area contributed by atoms with E-state index in [-0.39, 0.29) is 5.69 Å². The summed E-state index contributed by atoms with van der Waals surface area (Å²) in [6, 6.07) is 12.2. The lowest BCUT2D eigenvalue weighted by Crippen LogP contribution is -2.11. The minimum absolute atomic E-state index is 0.281. The van der Waals surface area contributed by atoms with Crippen LogP contribution in [0.5, 0.6) is 0 Å². The van der Waals surface area contributed by atoms with Crippen molar-refractivity contribution in [2.24, 2.45) is 0 Å². The topological polar surface area (TPSA) is 79.4 Å². The Balaban J connectivity index is 1.72. The van der Waals surface area contributed by atoms with Crippen molar-refractivity contribution >= 4 is 5.82 Å². The van der Waals surface area contributed by atoms with Crippen LogP contribution in [-0.4, -0.2) is 19.5 Å². The predicted octanol–water partition coefficient (Wildman–Crippen LogP) is 2.21. The molecule has 0 amide bonds. The Bertz CT molecular complexity index is 788. The van der Waals surface area contributed by atoms with E-state index in [1.165, 1.54) is 11.8 Å². The number of imidazole rings is 1. The van der Waals surface area contributed by atoms with Crippen molar-refractivity contribution in [3.05, 3.63) is 72.2 Å². The van der Waals surface area contributed by atoms with E-state index in [0.29, 0.717) is 12.4 Å². The molecule has 3 rings (SSSR count). The maximum atomic E-state index is 9.01. The Hall–Kier alpha value is -3.20. The lowest BCUT2D eigenvalue weighted by atomic mass is 10.2. The molecule has 0 aliphatic rings. The molecule has 1 aromatic carbocycles. The van der Waals surface area contributed by atoms with Crippen LogP contribution in [0, 0.1) is 11.3 Å². The van der Waals surface area contributed by atoms with Crippen LogP contribution < -0.4 is 5.32 Å². The monoisotopic (exact) mass is 290 g/mol. The number of rotatable bonds is 5. The van der Waals surface area contributed by atoms with Crippen molar-refractivity contribution in [1.29, 1.82) is 5.26 Å². The fourth-order valence-corrected chi connectivity index (χ4v) is 2.14. The van der Waals surface area contributed by atoms with Gasteiger partial charge in [0.2, 0.25) is 0 Å². The summed E-state index contributed by atoms with van der Waals surface area (Å²) in [5.41, 5.74) is 1.49. The van der Waals surface area contributed by atoms with Crippen molar-refractivity contribution in [2.45, 2.75) is 13.1 Å². The first-order valence-electron chi connectivity index (χ1n) is 6.86. The lowest BCUT2D eigenvalue weighted by Gasteiger charge is -2.09. The molecule has 22 heavy (non-hydrogen) atoms. The Labute approximate surface area is 128 Å². The molecule has 0 radical (unpaired) electrons. The SMILES string of the molecule is N#Cc1nccnc1NCc1nccn1Cc1ccccc1. The minimum atomic E-state index is 0.281. The molecule has 3 aromatic rings. The number of nitrogens with one attached hydrogen (secondary N) is 1. The fourth-order valence-electron chi connectivity index (χ4n) is 2.14. The highest BCUT2D eigenvalue weighted by Gasteiger charge is 2.07. The molecule has 0 unspecified atom stereocenters. The molecule has 2 aromatic heterocycles. The summed E-state index contributed by atoms with van der Waals surface area (Å²) < 4.78 is 2.06. The van der Waals surface area contributed by atoms with Crippen molar-refractivity contribution < 1.29 is 0 Å². The Morgan fingerprint density at radius 3 is 2.68 bits per heavy atom. The maximum absolute atomic E-state index is 9.01. The number of benzene rings is 1. The van der Waals surface area contributed by atoms with Crippen LogP contribution in [0.3, 0.4) is 0 Å². The van der Waals surface area contributed by atoms with Gasteiger partial charge in [0, 0.05) is 31.3 Å². The van der Waals surface area contributed by atoms with Crippen LogP contribution in [0.25, 0.3) is 0 Å². The third-order valence-electron chi connectivity index (χ3n) is 3.22. The minimum Gasteiger partial charge on any atom is -0.360 e. The van der Waals surface area contributed by atoms with E-state index >= 15 is 0 Å². The van der Waals surface area contributed by atoms with Gasteiger partial charge in [0.05, 0.1) is 6.54 Å². The average Bonchev–Trinajstić information content (AvgIpc) is 3.01. The van der Waals surface area contributed by atoms with Gasteiger partial charge < -0.3 is 9.88 Å². The first kappa shape index (κ1) is 13.8. The summed E-state index contributed by atoms with van der Waals surface area (Å²) in [6.07, 6.45) is 6.76. The summed E-state index contributed by atoms with van der Waals surface area (Å²) in [5.74, 6) is 1.35. The van der Waals surface area contributed by atoms with Crippen LogP contribution >= 0.6 is 0 Å². The van der Waals surface area contributed by atoms with Crippen molar-refractivity contribution in [3.8, 4) is 6.07 Å². The number of nitrogens with zero attached hydrogens (tertiary/aromatic N) is 5. The molecule has 6 heteroatoms. The van der Waals surface area contributed by atoms with Gasteiger partial charge in [-0.3, -0.25) is 0 Å². The van der Waals surface area contributed by atoms with Gasteiger partial charge in [0.1, 0.15) is 11.9 Å². The number of nitriles is 1. The third kappa shape index (κ3) is 3.10. The summed E-state index contributed by atoms with van der Waals surface area (Å²) in [6.45, 7) is 1.23. The molecule has 0 aliphatic heterocycles. The molecule has 0 bridgehead atoms. The van der Waals surface area contributed by atoms with Crippen molar-refractivity contribution in [2.75, 3.05) is 5.32 Å². The highest BCUT2D eigenvalue weighted by Crippen LogP contribution is 2.10. The highest BCUT2D eigenvalue weighted by atomic mass is 15.1. The van der Waals surface area contributed by atoms with E-state index in [1.54, 1.807) is 12.4 Å². The van der Waals surface area contributed by atoms with Crippen LogP contribution in [0.2, 0.25) is 0 Å². The van der Waals surface area contributed by atoms with Crippen LogP contribution in [0.1, 0.15) is 17.1 Å². The molecule has 2 heterocycles. The first-order valence-corrected chi connectivity index (χ1v) is 6.86. The van der Waals surface area contributed by atoms with Gasteiger partial charge in [-0.15, -0.1) is 0 Å². The van der Waals surface area contributed by atoms with Gasteiger partial charge in [-0.05, 0) is 5.56 Å². The standard InChI is InChI=1S/C16H14N6/c17-10-14-16(20-7-6-18-14)21-11-15-19-8-9-22(15)12-13-4-2-1-3-5-13/h1-9H,11-12H2,(H,20,21). The Kier molecular flexibility index (Phi) is 4.07. The van der Waals surface area contributed by atoms with E-state index in [9.17, 15) is 0 Å². The Morgan fingerprint density at radius 2 is 1.86 bits per heavy atom. The van der Waals surface area contributed by atoms with Gasteiger partial charge in [0.25, 0.3) is 0 Å². The molecule has 108 valence electrons. The van der Waals surface area contributed by atoms with Crippen LogP contribution in [0.15, 0.2) is 55.1 Å².